The first-order chi connectivity index (χ1) is 11.8. The van der Waals surface area contributed by atoms with Crippen molar-refractivity contribution in [3.05, 3.63) is 64.1 Å². The van der Waals surface area contributed by atoms with Crippen molar-refractivity contribution >= 4 is 23.5 Å². The summed E-state index contributed by atoms with van der Waals surface area (Å²) in [6, 6.07) is 7.01. The van der Waals surface area contributed by atoms with Gasteiger partial charge in [0.1, 0.15) is 5.76 Å². The van der Waals surface area contributed by atoms with E-state index in [1.54, 1.807) is 6.07 Å². The van der Waals surface area contributed by atoms with Crippen molar-refractivity contribution < 1.29 is 23.7 Å². The number of nitrogens with zero attached hydrogens (tertiary/aromatic N) is 2. The van der Waals surface area contributed by atoms with E-state index in [-0.39, 0.29) is 17.0 Å². The number of hydrazine groups is 1. The van der Waals surface area contributed by atoms with E-state index in [1.807, 2.05) is 0 Å². The number of nitro benzene ring substituents is 1. The third kappa shape index (κ3) is 2.69. The van der Waals surface area contributed by atoms with Gasteiger partial charge in [-0.2, -0.15) is 5.01 Å². The number of imide groups is 1. The molecule has 1 aliphatic heterocycles. The largest absolute Gasteiger partial charge is 0.466 e. The molecule has 0 bridgehead atoms. The third-order valence-corrected chi connectivity index (χ3v) is 3.76. The van der Waals surface area contributed by atoms with Gasteiger partial charge in [0, 0.05) is 17.7 Å². The monoisotopic (exact) mass is 344 g/mol. The molecule has 2 heterocycles. The second-order valence-corrected chi connectivity index (χ2v) is 5.42. The number of furan rings is 1. The topological polar surface area (TPSA) is 135 Å². The maximum absolute atomic E-state index is 12.5. The summed E-state index contributed by atoms with van der Waals surface area (Å²) in [4.78, 5) is 46.8. The SMILES string of the molecule is CC1(c2ccco2)NC(=O)N(NC(=O)c2ccc([N+](=O)[O-])cc2)C1=O. The van der Waals surface area contributed by atoms with E-state index >= 15 is 0 Å². The molecule has 0 radical (unpaired) electrons. The van der Waals surface area contributed by atoms with Crippen LogP contribution in [-0.2, 0) is 10.3 Å². The van der Waals surface area contributed by atoms with Gasteiger partial charge in [0.2, 0.25) is 0 Å². The average molecular weight is 344 g/mol. The zero-order valence-electron chi connectivity index (χ0n) is 12.9. The lowest BCUT2D eigenvalue weighted by Crippen LogP contribution is -2.47. The van der Waals surface area contributed by atoms with Gasteiger partial charge in [-0.1, -0.05) is 0 Å². The van der Waals surface area contributed by atoms with Crippen LogP contribution in [0.2, 0.25) is 0 Å². The molecule has 128 valence electrons. The first-order valence-electron chi connectivity index (χ1n) is 7.09. The summed E-state index contributed by atoms with van der Waals surface area (Å²) in [7, 11) is 0. The van der Waals surface area contributed by atoms with E-state index in [2.05, 4.69) is 10.7 Å². The van der Waals surface area contributed by atoms with Crippen molar-refractivity contribution in [2.75, 3.05) is 0 Å². The van der Waals surface area contributed by atoms with E-state index in [0.717, 1.165) is 12.1 Å². The highest BCUT2D eigenvalue weighted by Gasteiger charge is 2.52. The highest BCUT2D eigenvalue weighted by molar-refractivity contribution is 6.09. The van der Waals surface area contributed by atoms with Crippen LogP contribution in [0.15, 0.2) is 47.1 Å². The highest BCUT2D eigenvalue weighted by Crippen LogP contribution is 2.28. The Hall–Kier alpha value is -3.69. The van der Waals surface area contributed by atoms with Gasteiger partial charge in [0.25, 0.3) is 17.5 Å². The Kier molecular flexibility index (Phi) is 3.72. The Morgan fingerprint density at radius 2 is 1.96 bits per heavy atom. The molecular weight excluding hydrogens is 332 g/mol. The minimum atomic E-state index is -1.44. The molecule has 3 rings (SSSR count). The summed E-state index contributed by atoms with van der Waals surface area (Å²) in [6.45, 7) is 1.45. The minimum absolute atomic E-state index is 0.0535. The number of benzene rings is 1. The lowest BCUT2D eigenvalue weighted by molar-refractivity contribution is -0.384. The quantitative estimate of drug-likeness (QED) is 0.487. The van der Waals surface area contributed by atoms with Gasteiger partial charge in [-0.3, -0.25) is 25.1 Å². The van der Waals surface area contributed by atoms with E-state index in [0.29, 0.717) is 5.01 Å². The first kappa shape index (κ1) is 16.2. The van der Waals surface area contributed by atoms with Crippen molar-refractivity contribution in [2.24, 2.45) is 0 Å². The van der Waals surface area contributed by atoms with Crippen molar-refractivity contribution in [3.63, 3.8) is 0 Å². The molecule has 10 nitrogen and oxygen atoms in total. The Balaban J connectivity index is 1.78. The fourth-order valence-electron chi connectivity index (χ4n) is 2.37. The van der Waals surface area contributed by atoms with Crippen LogP contribution in [0.25, 0.3) is 0 Å². The van der Waals surface area contributed by atoms with Crippen molar-refractivity contribution in [1.82, 2.24) is 15.8 Å². The van der Waals surface area contributed by atoms with Crippen LogP contribution in [0, 0.1) is 10.1 Å². The average Bonchev–Trinajstić information content (AvgIpc) is 3.19. The Bertz CT molecular complexity index is 861. The van der Waals surface area contributed by atoms with Gasteiger partial charge in [-0.05, 0) is 31.2 Å². The second kappa shape index (κ2) is 5.74. The molecule has 0 aliphatic carbocycles. The summed E-state index contributed by atoms with van der Waals surface area (Å²) in [6.07, 6.45) is 1.36. The Labute approximate surface area is 140 Å². The van der Waals surface area contributed by atoms with Crippen LogP contribution in [0.5, 0.6) is 0 Å². The number of nitrogens with one attached hydrogen (secondary N) is 2. The van der Waals surface area contributed by atoms with Gasteiger partial charge in [0.05, 0.1) is 11.2 Å². The molecule has 1 aromatic carbocycles. The summed E-state index contributed by atoms with van der Waals surface area (Å²) in [5.41, 5.74) is 0.611. The molecule has 1 aliphatic rings. The third-order valence-electron chi connectivity index (χ3n) is 3.76. The van der Waals surface area contributed by atoms with Gasteiger partial charge < -0.3 is 9.73 Å². The first-order valence-corrected chi connectivity index (χ1v) is 7.09. The number of rotatable bonds is 4. The standard InChI is InChI=1S/C15H12N4O6/c1-15(11-3-2-8-25-11)13(21)18(14(22)16-15)17-12(20)9-4-6-10(7-5-9)19(23)24/h2-8H,1H3,(H,16,22)(H,17,20). The van der Waals surface area contributed by atoms with Crippen molar-refractivity contribution in [1.29, 1.82) is 0 Å². The molecule has 4 amide bonds. The number of hydrogen-bond acceptors (Lipinski definition) is 6. The molecule has 1 aromatic heterocycles. The van der Waals surface area contributed by atoms with Crippen LogP contribution in [0.3, 0.4) is 0 Å². The number of non-ortho nitro benzene ring substituents is 1. The van der Waals surface area contributed by atoms with Crippen LogP contribution in [0.1, 0.15) is 23.0 Å². The molecule has 2 N–H and O–H groups in total. The predicted molar refractivity (Wildman–Crippen MR) is 82.0 cm³/mol. The van der Waals surface area contributed by atoms with Gasteiger partial charge in [0.15, 0.2) is 5.54 Å². The zero-order valence-corrected chi connectivity index (χ0v) is 12.9. The van der Waals surface area contributed by atoms with Crippen LogP contribution in [-0.4, -0.2) is 27.8 Å². The van der Waals surface area contributed by atoms with Gasteiger partial charge >= 0.3 is 6.03 Å². The molecule has 2 aromatic rings. The molecule has 1 saturated heterocycles. The lowest BCUT2D eigenvalue weighted by atomic mass is 10.00. The number of hydrogen-bond donors (Lipinski definition) is 2. The smallest absolute Gasteiger partial charge is 0.344 e. The second-order valence-electron chi connectivity index (χ2n) is 5.42. The summed E-state index contributed by atoms with van der Waals surface area (Å²) < 4.78 is 5.17. The van der Waals surface area contributed by atoms with Crippen molar-refractivity contribution in [2.45, 2.75) is 12.5 Å². The number of nitro groups is 1. The van der Waals surface area contributed by atoms with Crippen LogP contribution in [0.4, 0.5) is 10.5 Å². The summed E-state index contributed by atoms with van der Waals surface area (Å²) in [5.74, 6) is -1.26. The molecule has 0 saturated carbocycles. The lowest BCUT2D eigenvalue weighted by Gasteiger charge is -2.19. The number of carbonyl (C=O) groups is 3. The van der Waals surface area contributed by atoms with E-state index in [9.17, 15) is 24.5 Å². The molecule has 1 fully saturated rings. The molecule has 0 spiro atoms. The highest BCUT2D eigenvalue weighted by atomic mass is 16.6. The van der Waals surface area contributed by atoms with E-state index in [4.69, 9.17) is 4.42 Å². The van der Waals surface area contributed by atoms with Gasteiger partial charge in [-0.25, -0.2) is 4.79 Å². The normalized spacial score (nSPS) is 19.6. The molecule has 1 unspecified atom stereocenters. The fourth-order valence-corrected chi connectivity index (χ4v) is 2.37. The molecule has 10 heteroatoms. The Morgan fingerprint density at radius 3 is 2.52 bits per heavy atom. The van der Waals surface area contributed by atoms with E-state index < -0.39 is 28.3 Å². The molecule has 1 atom stereocenters. The number of carbonyl (C=O) groups excluding carboxylic acids is 3. The van der Waals surface area contributed by atoms with Crippen LogP contribution >= 0.6 is 0 Å². The number of urea groups is 1. The Morgan fingerprint density at radius 1 is 1.28 bits per heavy atom. The van der Waals surface area contributed by atoms with Crippen LogP contribution < -0.4 is 10.7 Å². The van der Waals surface area contributed by atoms with Gasteiger partial charge in [-0.15, -0.1) is 0 Å². The summed E-state index contributed by atoms with van der Waals surface area (Å²) in [5, 5.41) is 13.6. The zero-order chi connectivity index (χ0) is 18.2. The van der Waals surface area contributed by atoms with E-state index in [1.165, 1.54) is 31.4 Å². The maximum Gasteiger partial charge on any atom is 0.344 e. The predicted octanol–water partition coefficient (Wildman–Crippen LogP) is 1.30. The number of amides is 4. The molecular formula is C15H12N4O6. The fraction of sp³-hybridized carbons (Fsp3) is 0.133. The molecule has 25 heavy (non-hydrogen) atoms. The minimum Gasteiger partial charge on any atom is -0.466 e. The van der Waals surface area contributed by atoms with Crippen molar-refractivity contribution in [3.8, 4) is 0 Å². The maximum atomic E-state index is 12.5. The summed E-state index contributed by atoms with van der Waals surface area (Å²) >= 11 is 0.